The number of benzene rings is 6. The van der Waals surface area contributed by atoms with Gasteiger partial charge in [0.1, 0.15) is 0 Å². The van der Waals surface area contributed by atoms with E-state index >= 15 is 0 Å². The van der Waals surface area contributed by atoms with E-state index in [1.165, 1.54) is 0 Å². The molecule has 0 atom stereocenters. The first kappa shape index (κ1) is 25.3. The quantitative estimate of drug-likeness (QED) is 0.208. The Balaban J connectivity index is 1.23. The average Bonchev–Trinajstić information content (AvgIpc) is 3.43. The normalized spacial score (nSPS) is 11.9. The Morgan fingerprint density at radius 1 is 0.400 bits per heavy atom. The SMILES string of the molecule is c1ccc(-c2cc(-c3cccc(-n4c5ccccc5c5cc6c(cc54)Oc4ccccc4O6)c3)nc(-c3ccccc3)n2)cc1. The van der Waals surface area contributed by atoms with Crippen molar-refractivity contribution >= 4 is 21.8 Å². The van der Waals surface area contributed by atoms with Crippen molar-refractivity contribution in [3.63, 3.8) is 0 Å². The summed E-state index contributed by atoms with van der Waals surface area (Å²) in [5.41, 5.74) is 7.92. The molecule has 0 saturated heterocycles. The second-order valence-corrected chi connectivity index (χ2v) is 11.1. The summed E-state index contributed by atoms with van der Waals surface area (Å²) < 4.78 is 14.9. The van der Waals surface area contributed by atoms with Gasteiger partial charge >= 0.3 is 0 Å². The lowest BCUT2D eigenvalue weighted by Gasteiger charge is -2.20. The van der Waals surface area contributed by atoms with Crippen molar-refractivity contribution in [3.8, 4) is 62.6 Å². The minimum absolute atomic E-state index is 0.692. The zero-order valence-corrected chi connectivity index (χ0v) is 24.1. The van der Waals surface area contributed by atoms with Gasteiger partial charge in [0.2, 0.25) is 0 Å². The van der Waals surface area contributed by atoms with Gasteiger partial charge in [-0.1, -0.05) is 103 Å². The maximum absolute atomic E-state index is 6.32. The maximum Gasteiger partial charge on any atom is 0.172 e. The second-order valence-electron chi connectivity index (χ2n) is 11.1. The monoisotopic (exact) mass is 579 g/mol. The molecule has 0 bridgehead atoms. The van der Waals surface area contributed by atoms with Crippen LogP contribution in [0.5, 0.6) is 23.0 Å². The number of hydrogen-bond donors (Lipinski definition) is 0. The van der Waals surface area contributed by atoms with Crippen molar-refractivity contribution in [2.45, 2.75) is 0 Å². The van der Waals surface area contributed by atoms with E-state index in [9.17, 15) is 0 Å². The van der Waals surface area contributed by atoms with Gasteiger partial charge in [-0.25, -0.2) is 9.97 Å². The molecule has 3 heterocycles. The molecule has 8 aromatic rings. The molecular weight excluding hydrogens is 554 g/mol. The summed E-state index contributed by atoms with van der Waals surface area (Å²) >= 11 is 0. The zero-order chi connectivity index (χ0) is 29.7. The lowest BCUT2D eigenvalue weighted by Crippen LogP contribution is -2.00. The third kappa shape index (κ3) is 4.33. The van der Waals surface area contributed by atoms with Crippen LogP contribution in [0.15, 0.2) is 152 Å². The molecule has 0 aliphatic carbocycles. The Morgan fingerprint density at radius 3 is 1.76 bits per heavy atom. The molecule has 5 heteroatoms. The fourth-order valence-electron chi connectivity index (χ4n) is 6.14. The first-order valence-corrected chi connectivity index (χ1v) is 14.9. The van der Waals surface area contributed by atoms with Gasteiger partial charge in [0.05, 0.1) is 22.4 Å². The van der Waals surface area contributed by atoms with Gasteiger partial charge in [0.15, 0.2) is 28.8 Å². The van der Waals surface area contributed by atoms with E-state index in [2.05, 4.69) is 83.4 Å². The third-order valence-corrected chi connectivity index (χ3v) is 8.25. The molecule has 5 nitrogen and oxygen atoms in total. The molecule has 0 unspecified atom stereocenters. The van der Waals surface area contributed by atoms with Crippen molar-refractivity contribution in [1.82, 2.24) is 14.5 Å². The van der Waals surface area contributed by atoms with Gasteiger partial charge in [0.25, 0.3) is 0 Å². The van der Waals surface area contributed by atoms with Crippen LogP contribution < -0.4 is 9.47 Å². The zero-order valence-electron chi connectivity index (χ0n) is 24.1. The summed E-state index contributed by atoms with van der Waals surface area (Å²) in [5.74, 6) is 3.52. The van der Waals surface area contributed by atoms with Gasteiger partial charge in [-0.2, -0.15) is 0 Å². The number of para-hydroxylation sites is 3. The van der Waals surface area contributed by atoms with E-state index in [1.54, 1.807) is 0 Å². The molecule has 45 heavy (non-hydrogen) atoms. The average molecular weight is 580 g/mol. The Morgan fingerprint density at radius 2 is 1.00 bits per heavy atom. The van der Waals surface area contributed by atoms with E-state index in [1.807, 2.05) is 72.8 Å². The fourth-order valence-corrected chi connectivity index (χ4v) is 6.14. The second kappa shape index (κ2) is 10.2. The van der Waals surface area contributed by atoms with E-state index in [-0.39, 0.29) is 0 Å². The largest absolute Gasteiger partial charge is 0.449 e. The van der Waals surface area contributed by atoms with Crippen LogP contribution in [-0.4, -0.2) is 14.5 Å². The van der Waals surface area contributed by atoms with Crippen molar-refractivity contribution in [2.24, 2.45) is 0 Å². The lowest BCUT2D eigenvalue weighted by atomic mass is 10.1. The maximum atomic E-state index is 6.32. The van der Waals surface area contributed by atoms with Crippen LogP contribution in [0.1, 0.15) is 0 Å². The molecule has 6 aromatic carbocycles. The Bertz CT molecular complexity index is 2320. The standard InChI is InChI=1S/C40H25N3O2/c1-3-12-26(13-4-1)32-24-33(42-40(41-32)27-14-5-2-6-15-27)28-16-11-17-29(22-28)43-34-19-8-7-18-30(34)31-23-38-39(25-35(31)43)45-37-21-10-9-20-36(37)44-38/h1-25H. The van der Waals surface area contributed by atoms with Gasteiger partial charge in [-0.15, -0.1) is 0 Å². The van der Waals surface area contributed by atoms with Crippen LogP contribution >= 0.6 is 0 Å². The molecule has 0 N–H and O–H groups in total. The summed E-state index contributed by atoms with van der Waals surface area (Å²) in [5, 5.41) is 2.24. The van der Waals surface area contributed by atoms with Gasteiger partial charge in [-0.05, 0) is 42.5 Å². The molecule has 0 saturated carbocycles. The molecule has 1 aliphatic rings. The highest BCUT2D eigenvalue weighted by atomic mass is 16.6. The number of ether oxygens (including phenoxy) is 2. The molecular formula is C40H25N3O2. The van der Waals surface area contributed by atoms with E-state index in [4.69, 9.17) is 19.4 Å². The van der Waals surface area contributed by atoms with Crippen LogP contribution in [0.3, 0.4) is 0 Å². The smallest absolute Gasteiger partial charge is 0.172 e. The highest BCUT2D eigenvalue weighted by molar-refractivity contribution is 6.10. The molecule has 0 spiro atoms. The van der Waals surface area contributed by atoms with E-state index < -0.39 is 0 Å². The number of nitrogens with zero attached hydrogens (tertiary/aromatic N) is 3. The van der Waals surface area contributed by atoms with Crippen molar-refractivity contribution in [3.05, 3.63) is 152 Å². The lowest BCUT2D eigenvalue weighted by molar-refractivity contribution is 0.360. The molecule has 212 valence electrons. The summed E-state index contributed by atoms with van der Waals surface area (Å²) in [6.45, 7) is 0. The van der Waals surface area contributed by atoms with Crippen LogP contribution in [0, 0.1) is 0 Å². The van der Waals surface area contributed by atoms with Crippen LogP contribution in [0.4, 0.5) is 0 Å². The summed E-state index contributed by atoms with van der Waals surface area (Å²) in [4.78, 5) is 10.0. The Labute approximate surface area is 259 Å². The van der Waals surface area contributed by atoms with Gasteiger partial charge < -0.3 is 14.0 Å². The van der Waals surface area contributed by atoms with Crippen LogP contribution in [0.25, 0.3) is 61.4 Å². The first-order chi connectivity index (χ1) is 22.3. The van der Waals surface area contributed by atoms with Crippen molar-refractivity contribution in [2.75, 3.05) is 0 Å². The molecule has 1 aliphatic heterocycles. The van der Waals surface area contributed by atoms with Crippen molar-refractivity contribution in [1.29, 1.82) is 0 Å². The molecule has 2 aromatic heterocycles. The summed E-state index contributed by atoms with van der Waals surface area (Å²) in [6.07, 6.45) is 0. The highest BCUT2D eigenvalue weighted by Gasteiger charge is 2.22. The highest BCUT2D eigenvalue weighted by Crippen LogP contribution is 2.48. The van der Waals surface area contributed by atoms with Crippen molar-refractivity contribution < 1.29 is 9.47 Å². The third-order valence-electron chi connectivity index (χ3n) is 8.25. The number of fused-ring (bicyclic) bond motifs is 5. The topological polar surface area (TPSA) is 49.2 Å². The predicted octanol–water partition coefficient (Wildman–Crippen LogP) is 10.5. The molecule has 0 radical (unpaired) electrons. The fraction of sp³-hybridized carbons (Fsp3) is 0. The van der Waals surface area contributed by atoms with Gasteiger partial charge in [0, 0.05) is 39.2 Å². The summed E-state index contributed by atoms with van der Waals surface area (Å²) in [6, 6.07) is 51.4. The van der Waals surface area contributed by atoms with E-state index in [0.29, 0.717) is 23.1 Å². The van der Waals surface area contributed by atoms with Crippen LogP contribution in [-0.2, 0) is 0 Å². The number of rotatable bonds is 4. The van der Waals surface area contributed by atoms with Crippen LogP contribution in [0.2, 0.25) is 0 Å². The summed E-state index contributed by atoms with van der Waals surface area (Å²) in [7, 11) is 0. The Hall–Kier alpha value is -6.20. The first-order valence-electron chi connectivity index (χ1n) is 14.9. The molecule has 0 fully saturated rings. The number of hydrogen-bond acceptors (Lipinski definition) is 4. The molecule has 9 rings (SSSR count). The minimum atomic E-state index is 0.692. The van der Waals surface area contributed by atoms with Gasteiger partial charge in [-0.3, -0.25) is 0 Å². The van der Waals surface area contributed by atoms with E-state index in [0.717, 1.165) is 61.3 Å². The Kier molecular flexibility index (Phi) is 5.74. The predicted molar refractivity (Wildman–Crippen MR) is 179 cm³/mol. The number of aromatic nitrogens is 3. The molecule has 0 amide bonds. The minimum Gasteiger partial charge on any atom is -0.449 e.